The molecule has 2 unspecified atom stereocenters. The Labute approximate surface area is 196 Å². The van der Waals surface area contributed by atoms with E-state index in [2.05, 4.69) is 23.6 Å². The summed E-state index contributed by atoms with van der Waals surface area (Å²) in [6, 6.07) is 7.65. The highest BCUT2D eigenvalue weighted by Gasteiger charge is 2.32. The molecule has 1 saturated carbocycles. The van der Waals surface area contributed by atoms with E-state index in [0.717, 1.165) is 43.3 Å². The van der Waals surface area contributed by atoms with E-state index in [0.29, 0.717) is 30.9 Å². The molecule has 1 amide bonds. The minimum Gasteiger partial charge on any atom is -0.383 e. The van der Waals surface area contributed by atoms with Gasteiger partial charge < -0.3 is 9.64 Å². The van der Waals surface area contributed by atoms with Crippen LogP contribution < -0.4 is 5.56 Å². The van der Waals surface area contributed by atoms with Crippen molar-refractivity contribution in [2.24, 2.45) is 5.92 Å². The molecule has 2 aliphatic rings. The largest absolute Gasteiger partial charge is 0.383 e. The molecule has 4 rings (SSSR count). The summed E-state index contributed by atoms with van der Waals surface area (Å²) in [6.07, 6.45) is 6.94. The van der Waals surface area contributed by atoms with Crippen molar-refractivity contribution < 1.29 is 9.53 Å². The van der Waals surface area contributed by atoms with E-state index in [9.17, 15) is 9.59 Å². The Hall–Kier alpha value is -2.25. The summed E-state index contributed by atoms with van der Waals surface area (Å²) < 4.78 is 7.03. The molecule has 2 aromatic rings. The first-order valence-corrected chi connectivity index (χ1v) is 12.5. The third kappa shape index (κ3) is 5.30. The highest BCUT2D eigenvalue weighted by Crippen LogP contribution is 2.29. The monoisotopic (exact) mass is 454 g/mol. The van der Waals surface area contributed by atoms with Gasteiger partial charge in [-0.1, -0.05) is 37.8 Å². The number of rotatable bonds is 8. The molecule has 0 spiro atoms. The van der Waals surface area contributed by atoms with Gasteiger partial charge in [-0.05, 0) is 38.3 Å². The number of hydrogen-bond donors (Lipinski definition) is 0. The summed E-state index contributed by atoms with van der Waals surface area (Å²) in [5.41, 5.74) is 0.708. The molecular weight excluding hydrogens is 416 g/mol. The number of piperazine rings is 1. The number of ether oxygens (including phenoxy) is 1. The van der Waals surface area contributed by atoms with Crippen LogP contribution in [0.1, 0.15) is 64.2 Å². The van der Waals surface area contributed by atoms with E-state index in [4.69, 9.17) is 9.72 Å². The molecule has 7 heteroatoms. The number of carbonyl (C=O) groups excluding carboxylic acids is 1. The Balaban J connectivity index is 1.47. The summed E-state index contributed by atoms with van der Waals surface area (Å²) in [7, 11) is 1.65. The van der Waals surface area contributed by atoms with Crippen LogP contribution in [0.4, 0.5) is 0 Å². The van der Waals surface area contributed by atoms with Crippen molar-refractivity contribution in [3.63, 3.8) is 0 Å². The molecule has 0 bridgehead atoms. The first-order chi connectivity index (χ1) is 16.0. The van der Waals surface area contributed by atoms with E-state index in [-0.39, 0.29) is 17.6 Å². The Morgan fingerprint density at radius 1 is 1.21 bits per heavy atom. The van der Waals surface area contributed by atoms with Gasteiger partial charge in [0.25, 0.3) is 5.56 Å². The molecule has 7 nitrogen and oxygen atoms in total. The average molecular weight is 455 g/mol. The molecule has 0 N–H and O–H groups in total. The topological polar surface area (TPSA) is 67.7 Å². The van der Waals surface area contributed by atoms with Gasteiger partial charge >= 0.3 is 0 Å². The fourth-order valence-corrected chi connectivity index (χ4v) is 5.54. The number of amides is 1. The number of nitrogens with zero attached hydrogens (tertiary/aromatic N) is 4. The van der Waals surface area contributed by atoms with E-state index in [1.54, 1.807) is 11.7 Å². The van der Waals surface area contributed by atoms with E-state index >= 15 is 0 Å². The van der Waals surface area contributed by atoms with Crippen LogP contribution in [-0.4, -0.2) is 64.7 Å². The van der Waals surface area contributed by atoms with Crippen molar-refractivity contribution in [1.82, 2.24) is 19.4 Å². The minimum atomic E-state index is -0.0302. The van der Waals surface area contributed by atoms with Gasteiger partial charge in [0.2, 0.25) is 5.91 Å². The van der Waals surface area contributed by atoms with Crippen molar-refractivity contribution in [2.45, 2.75) is 71.0 Å². The zero-order valence-electron chi connectivity index (χ0n) is 20.3. The van der Waals surface area contributed by atoms with Gasteiger partial charge in [0, 0.05) is 39.2 Å². The van der Waals surface area contributed by atoms with Crippen LogP contribution in [0.2, 0.25) is 0 Å². The quantitative estimate of drug-likeness (QED) is 0.610. The Morgan fingerprint density at radius 3 is 2.70 bits per heavy atom. The standard InChI is InChI=1S/C26H38N4O3/c1-19-18-28(14-15-29(19)24(31)13-12-21-8-4-5-9-21)20(2)25-27-23-11-7-6-10-22(23)26(32)30(25)16-17-33-3/h6-7,10-11,19-21H,4-5,8-9,12-18H2,1-3H3. The maximum absolute atomic E-state index is 13.2. The second kappa shape index (κ2) is 10.8. The van der Waals surface area contributed by atoms with Gasteiger partial charge in [-0.2, -0.15) is 0 Å². The predicted molar refractivity (Wildman–Crippen MR) is 130 cm³/mol. The second-order valence-electron chi connectivity index (χ2n) is 9.73. The number of methoxy groups -OCH3 is 1. The zero-order valence-corrected chi connectivity index (χ0v) is 20.3. The minimum absolute atomic E-state index is 0.0201. The molecular formula is C26H38N4O3. The number of fused-ring (bicyclic) bond motifs is 1. The molecule has 2 atom stereocenters. The van der Waals surface area contributed by atoms with E-state index in [1.165, 1.54) is 25.7 Å². The summed E-state index contributed by atoms with van der Waals surface area (Å²) >= 11 is 0. The fraction of sp³-hybridized carbons (Fsp3) is 0.654. The molecule has 2 fully saturated rings. The molecule has 180 valence electrons. The Morgan fingerprint density at radius 2 is 1.97 bits per heavy atom. The van der Waals surface area contributed by atoms with Gasteiger partial charge in [0.1, 0.15) is 5.82 Å². The molecule has 0 radical (unpaired) electrons. The summed E-state index contributed by atoms with van der Waals surface area (Å²) in [5.74, 6) is 1.81. The number of carbonyl (C=O) groups is 1. The maximum Gasteiger partial charge on any atom is 0.261 e. The van der Waals surface area contributed by atoms with Gasteiger partial charge in [0.05, 0.1) is 30.1 Å². The molecule has 1 aliphatic carbocycles. The van der Waals surface area contributed by atoms with Gasteiger partial charge in [-0.15, -0.1) is 0 Å². The predicted octanol–water partition coefficient (Wildman–Crippen LogP) is 3.61. The Bertz CT molecular complexity index is 1010. The SMILES string of the molecule is COCCn1c(C(C)N2CCN(C(=O)CCC3CCCC3)C(C)C2)nc2ccccc2c1=O. The number of hydrogen-bond acceptors (Lipinski definition) is 5. The highest BCUT2D eigenvalue weighted by atomic mass is 16.5. The zero-order chi connectivity index (χ0) is 23.4. The number of benzene rings is 1. The van der Waals surface area contributed by atoms with Crippen LogP contribution in [0.25, 0.3) is 10.9 Å². The number of aromatic nitrogens is 2. The fourth-order valence-electron chi connectivity index (χ4n) is 5.54. The van der Waals surface area contributed by atoms with Gasteiger partial charge in [0.15, 0.2) is 0 Å². The summed E-state index contributed by atoms with van der Waals surface area (Å²) in [4.78, 5) is 35.4. The van der Waals surface area contributed by atoms with Crippen molar-refractivity contribution in [3.05, 3.63) is 40.4 Å². The lowest BCUT2D eigenvalue weighted by Gasteiger charge is -2.42. The molecule has 33 heavy (non-hydrogen) atoms. The van der Waals surface area contributed by atoms with Crippen molar-refractivity contribution >= 4 is 16.8 Å². The van der Waals surface area contributed by atoms with Gasteiger partial charge in [-0.3, -0.25) is 19.1 Å². The maximum atomic E-state index is 13.2. The lowest BCUT2D eigenvalue weighted by atomic mass is 10.0. The average Bonchev–Trinajstić information content (AvgIpc) is 3.35. The van der Waals surface area contributed by atoms with Crippen LogP contribution >= 0.6 is 0 Å². The normalized spacial score (nSPS) is 21.1. The molecule has 1 aliphatic heterocycles. The van der Waals surface area contributed by atoms with Gasteiger partial charge in [-0.25, -0.2) is 4.98 Å². The summed E-state index contributed by atoms with van der Waals surface area (Å²) in [6.45, 7) is 7.48. The van der Waals surface area contributed by atoms with Crippen LogP contribution in [0.3, 0.4) is 0 Å². The van der Waals surface area contributed by atoms with E-state index in [1.807, 2.05) is 24.3 Å². The summed E-state index contributed by atoms with van der Waals surface area (Å²) in [5, 5.41) is 0.635. The van der Waals surface area contributed by atoms with Crippen molar-refractivity contribution in [3.8, 4) is 0 Å². The van der Waals surface area contributed by atoms with Crippen molar-refractivity contribution in [1.29, 1.82) is 0 Å². The molecule has 1 aromatic carbocycles. The highest BCUT2D eigenvalue weighted by molar-refractivity contribution is 5.77. The third-order valence-corrected chi connectivity index (χ3v) is 7.55. The Kier molecular flexibility index (Phi) is 7.81. The van der Waals surface area contributed by atoms with Crippen LogP contribution in [0.15, 0.2) is 29.1 Å². The number of para-hydroxylation sites is 1. The second-order valence-corrected chi connectivity index (χ2v) is 9.73. The van der Waals surface area contributed by atoms with Crippen molar-refractivity contribution in [2.75, 3.05) is 33.4 Å². The van der Waals surface area contributed by atoms with Crippen LogP contribution in [0, 0.1) is 5.92 Å². The first-order valence-electron chi connectivity index (χ1n) is 12.5. The smallest absolute Gasteiger partial charge is 0.261 e. The van der Waals surface area contributed by atoms with Crippen LogP contribution in [-0.2, 0) is 16.1 Å². The molecule has 1 saturated heterocycles. The molecule has 1 aromatic heterocycles. The lowest BCUT2D eigenvalue weighted by Crippen LogP contribution is -2.54. The molecule has 2 heterocycles. The third-order valence-electron chi connectivity index (χ3n) is 7.55. The van der Waals surface area contributed by atoms with E-state index < -0.39 is 0 Å². The van der Waals surface area contributed by atoms with Crippen LogP contribution in [0.5, 0.6) is 0 Å². The lowest BCUT2D eigenvalue weighted by molar-refractivity contribution is -0.136. The first kappa shape index (κ1) is 23.9.